The van der Waals surface area contributed by atoms with Gasteiger partial charge in [-0.05, 0) is 18.9 Å². The topological polar surface area (TPSA) is 38.5 Å². The van der Waals surface area contributed by atoms with Gasteiger partial charge in [0, 0.05) is 26.7 Å². The molecule has 1 unspecified atom stereocenters. The van der Waals surface area contributed by atoms with Gasteiger partial charge in [-0.3, -0.25) is 0 Å². The zero-order valence-electron chi connectivity index (χ0n) is 7.25. The highest BCUT2D eigenvalue weighted by molar-refractivity contribution is 4.74. The minimum atomic E-state index is 0.742. The molecular formula is C8H18N2O. The van der Waals surface area contributed by atoms with E-state index in [9.17, 15) is 0 Å². The Morgan fingerprint density at radius 2 is 2.45 bits per heavy atom. The molecule has 0 bridgehead atoms. The quantitative estimate of drug-likeness (QED) is 0.621. The van der Waals surface area contributed by atoms with Gasteiger partial charge in [-0.2, -0.15) is 0 Å². The molecule has 3 heteroatoms. The zero-order valence-corrected chi connectivity index (χ0v) is 7.25. The van der Waals surface area contributed by atoms with Crippen molar-refractivity contribution in [1.29, 1.82) is 0 Å². The molecule has 1 rings (SSSR count). The van der Waals surface area contributed by atoms with Gasteiger partial charge in [-0.15, -0.1) is 0 Å². The molecule has 0 radical (unpaired) electrons. The normalized spacial score (nSPS) is 26.2. The zero-order chi connectivity index (χ0) is 8.10. The van der Waals surface area contributed by atoms with Crippen LogP contribution in [0.2, 0.25) is 0 Å². The molecule has 1 saturated heterocycles. The van der Waals surface area contributed by atoms with Crippen molar-refractivity contribution in [3.63, 3.8) is 0 Å². The Morgan fingerprint density at radius 3 is 3.09 bits per heavy atom. The van der Waals surface area contributed by atoms with Crippen LogP contribution in [-0.4, -0.2) is 44.8 Å². The SMILES string of the molecule is COCC1CCN(CCN)C1. The molecule has 0 aromatic rings. The van der Waals surface area contributed by atoms with Gasteiger partial charge in [0.1, 0.15) is 0 Å². The van der Waals surface area contributed by atoms with Gasteiger partial charge >= 0.3 is 0 Å². The van der Waals surface area contributed by atoms with E-state index in [2.05, 4.69) is 4.90 Å². The number of nitrogens with two attached hydrogens (primary N) is 1. The Morgan fingerprint density at radius 1 is 1.64 bits per heavy atom. The number of likely N-dealkylation sites (tertiary alicyclic amines) is 1. The van der Waals surface area contributed by atoms with Crippen molar-refractivity contribution in [3.05, 3.63) is 0 Å². The van der Waals surface area contributed by atoms with Crippen LogP contribution < -0.4 is 5.73 Å². The van der Waals surface area contributed by atoms with Crippen molar-refractivity contribution < 1.29 is 4.74 Å². The van der Waals surface area contributed by atoms with E-state index in [1.807, 2.05) is 0 Å². The summed E-state index contributed by atoms with van der Waals surface area (Å²) in [7, 11) is 1.77. The summed E-state index contributed by atoms with van der Waals surface area (Å²) in [6.07, 6.45) is 1.27. The second-order valence-corrected chi connectivity index (χ2v) is 3.20. The maximum absolute atomic E-state index is 5.45. The number of nitrogens with zero attached hydrogens (tertiary/aromatic N) is 1. The third-order valence-corrected chi connectivity index (χ3v) is 2.22. The van der Waals surface area contributed by atoms with Crippen LogP contribution in [0, 0.1) is 5.92 Å². The molecule has 3 nitrogen and oxygen atoms in total. The summed E-state index contributed by atoms with van der Waals surface area (Å²) in [5, 5.41) is 0. The first-order valence-corrected chi connectivity index (χ1v) is 4.28. The second kappa shape index (κ2) is 4.70. The highest BCUT2D eigenvalue weighted by Gasteiger charge is 2.20. The summed E-state index contributed by atoms with van der Waals surface area (Å²) in [4.78, 5) is 2.41. The van der Waals surface area contributed by atoms with E-state index in [0.717, 1.165) is 25.6 Å². The van der Waals surface area contributed by atoms with Crippen LogP contribution in [0.25, 0.3) is 0 Å². The van der Waals surface area contributed by atoms with Crippen LogP contribution in [0.4, 0.5) is 0 Å². The minimum absolute atomic E-state index is 0.742. The lowest BCUT2D eigenvalue weighted by Gasteiger charge is -2.13. The van der Waals surface area contributed by atoms with E-state index in [4.69, 9.17) is 10.5 Å². The molecule has 0 saturated carbocycles. The first-order valence-electron chi connectivity index (χ1n) is 4.28. The summed E-state index contributed by atoms with van der Waals surface area (Å²) in [6.45, 7) is 5.09. The van der Waals surface area contributed by atoms with Gasteiger partial charge in [-0.25, -0.2) is 0 Å². The predicted molar refractivity (Wildman–Crippen MR) is 45.5 cm³/mol. The van der Waals surface area contributed by atoms with Crippen molar-refractivity contribution in [2.45, 2.75) is 6.42 Å². The molecule has 2 N–H and O–H groups in total. The largest absolute Gasteiger partial charge is 0.384 e. The van der Waals surface area contributed by atoms with Crippen molar-refractivity contribution in [2.24, 2.45) is 11.7 Å². The molecular weight excluding hydrogens is 140 g/mol. The van der Waals surface area contributed by atoms with E-state index >= 15 is 0 Å². The molecule has 1 aliphatic heterocycles. The second-order valence-electron chi connectivity index (χ2n) is 3.20. The van der Waals surface area contributed by atoms with Crippen molar-refractivity contribution >= 4 is 0 Å². The third-order valence-electron chi connectivity index (χ3n) is 2.22. The number of methoxy groups -OCH3 is 1. The average molecular weight is 158 g/mol. The van der Waals surface area contributed by atoms with E-state index in [0.29, 0.717) is 0 Å². The van der Waals surface area contributed by atoms with E-state index < -0.39 is 0 Å². The monoisotopic (exact) mass is 158 g/mol. The lowest BCUT2D eigenvalue weighted by molar-refractivity contribution is 0.153. The Labute approximate surface area is 68.5 Å². The number of rotatable bonds is 4. The van der Waals surface area contributed by atoms with Crippen LogP contribution in [0.1, 0.15) is 6.42 Å². The lowest BCUT2D eigenvalue weighted by atomic mass is 10.1. The van der Waals surface area contributed by atoms with Crippen molar-refractivity contribution in [3.8, 4) is 0 Å². The molecule has 0 amide bonds. The molecule has 0 aromatic heterocycles. The smallest absolute Gasteiger partial charge is 0.0503 e. The van der Waals surface area contributed by atoms with Gasteiger partial charge in [0.05, 0.1) is 6.61 Å². The molecule has 0 aromatic carbocycles. The minimum Gasteiger partial charge on any atom is -0.384 e. The molecule has 1 heterocycles. The predicted octanol–water partition coefficient (Wildman–Crippen LogP) is -0.0866. The molecule has 66 valence electrons. The summed E-state index contributed by atoms with van der Waals surface area (Å²) >= 11 is 0. The highest BCUT2D eigenvalue weighted by Crippen LogP contribution is 2.14. The fourth-order valence-corrected chi connectivity index (χ4v) is 1.67. The van der Waals surface area contributed by atoms with E-state index in [-0.39, 0.29) is 0 Å². The van der Waals surface area contributed by atoms with Crippen LogP contribution >= 0.6 is 0 Å². The van der Waals surface area contributed by atoms with Gasteiger partial charge < -0.3 is 15.4 Å². The maximum atomic E-state index is 5.45. The number of hydrogen-bond acceptors (Lipinski definition) is 3. The van der Waals surface area contributed by atoms with Crippen LogP contribution in [0.5, 0.6) is 0 Å². The summed E-state index contributed by atoms with van der Waals surface area (Å²) in [5.41, 5.74) is 5.45. The Hall–Kier alpha value is -0.120. The average Bonchev–Trinajstić information content (AvgIpc) is 2.38. The fourth-order valence-electron chi connectivity index (χ4n) is 1.67. The summed E-state index contributed by atoms with van der Waals surface area (Å²) in [6, 6.07) is 0. The first-order chi connectivity index (χ1) is 5.36. The Bertz CT molecular complexity index is 96.3. The number of ether oxygens (including phenoxy) is 1. The summed E-state index contributed by atoms with van der Waals surface area (Å²) < 4.78 is 5.09. The summed E-state index contributed by atoms with van der Waals surface area (Å²) in [5.74, 6) is 0.742. The standard InChI is InChI=1S/C8H18N2O/c1-11-7-8-2-4-10(6-8)5-3-9/h8H,2-7,9H2,1H3. The Kier molecular flexibility index (Phi) is 3.83. The molecule has 1 aliphatic rings. The van der Waals surface area contributed by atoms with Gasteiger partial charge in [-0.1, -0.05) is 0 Å². The van der Waals surface area contributed by atoms with Gasteiger partial charge in [0.15, 0.2) is 0 Å². The third kappa shape index (κ3) is 2.77. The van der Waals surface area contributed by atoms with Gasteiger partial charge in [0.25, 0.3) is 0 Å². The molecule has 11 heavy (non-hydrogen) atoms. The molecule has 1 fully saturated rings. The van der Waals surface area contributed by atoms with E-state index in [1.165, 1.54) is 19.5 Å². The highest BCUT2D eigenvalue weighted by atomic mass is 16.5. The molecule has 0 aliphatic carbocycles. The van der Waals surface area contributed by atoms with Crippen molar-refractivity contribution in [2.75, 3.05) is 39.9 Å². The maximum Gasteiger partial charge on any atom is 0.0503 e. The molecule has 0 spiro atoms. The lowest BCUT2D eigenvalue weighted by Crippen LogP contribution is -2.27. The van der Waals surface area contributed by atoms with Crippen LogP contribution in [-0.2, 0) is 4.74 Å². The van der Waals surface area contributed by atoms with E-state index in [1.54, 1.807) is 7.11 Å². The van der Waals surface area contributed by atoms with Gasteiger partial charge in [0.2, 0.25) is 0 Å². The fraction of sp³-hybridized carbons (Fsp3) is 1.00. The van der Waals surface area contributed by atoms with Crippen LogP contribution in [0.3, 0.4) is 0 Å². The molecule has 1 atom stereocenters. The van der Waals surface area contributed by atoms with Crippen molar-refractivity contribution in [1.82, 2.24) is 4.90 Å². The number of hydrogen-bond donors (Lipinski definition) is 1. The Balaban J connectivity index is 2.12. The first kappa shape index (κ1) is 8.97. The van der Waals surface area contributed by atoms with Crippen LogP contribution in [0.15, 0.2) is 0 Å².